The number of rotatable bonds is 6. The number of halogens is 2. The summed E-state index contributed by atoms with van der Waals surface area (Å²) in [6.07, 6.45) is 2.23. The lowest BCUT2D eigenvalue weighted by Gasteiger charge is -2.13. The average molecular weight is 515 g/mol. The molecule has 29 heavy (non-hydrogen) atoms. The van der Waals surface area contributed by atoms with Crippen molar-refractivity contribution < 1.29 is 0 Å². The quantitative estimate of drug-likeness (QED) is 0.391. The second-order valence-corrected chi connectivity index (χ2v) is 8.48. The van der Waals surface area contributed by atoms with Crippen LogP contribution in [0.4, 0.5) is 29.2 Å². The fraction of sp³-hybridized carbons (Fsp3) is 0.200. The van der Waals surface area contributed by atoms with Crippen molar-refractivity contribution in [3.63, 3.8) is 0 Å². The minimum absolute atomic E-state index is 0.408. The van der Waals surface area contributed by atoms with Gasteiger partial charge in [-0.1, -0.05) is 0 Å². The van der Waals surface area contributed by atoms with E-state index in [4.69, 9.17) is 5.26 Å². The molecule has 1 fully saturated rings. The predicted octanol–water partition coefficient (Wildman–Crippen LogP) is 5.64. The number of aryl methyl sites for hydroxylation is 1. The van der Waals surface area contributed by atoms with Crippen LogP contribution in [0.3, 0.4) is 0 Å². The number of nitrogens with zero attached hydrogens (tertiary/aromatic N) is 4. The number of hydrogen-bond donors (Lipinski definition) is 3. The third kappa shape index (κ3) is 5.02. The van der Waals surface area contributed by atoms with Gasteiger partial charge in [0, 0.05) is 20.7 Å². The number of hydrogen-bond acceptors (Lipinski definition) is 7. The van der Waals surface area contributed by atoms with Crippen LogP contribution >= 0.6 is 31.9 Å². The summed E-state index contributed by atoms with van der Waals surface area (Å²) >= 11 is 7.18. The first-order valence-corrected chi connectivity index (χ1v) is 10.6. The highest BCUT2D eigenvalue weighted by Gasteiger charge is 2.23. The molecule has 1 saturated carbocycles. The monoisotopic (exact) mass is 513 g/mol. The summed E-state index contributed by atoms with van der Waals surface area (Å²) in [5.74, 6) is 1.35. The molecule has 3 N–H and O–H groups in total. The molecular formula is C20H17Br2N7. The van der Waals surface area contributed by atoms with Crippen molar-refractivity contribution >= 4 is 61.1 Å². The van der Waals surface area contributed by atoms with E-state index in [2.05, 4.69) is 68.8 Å². The Morgan fingerprint density at radius 2 is 1.52 bits per heavy atom. The van der Waals surface area contributed by atoms with Crippen LogP contribution in [0.15, 0.2) is 45.3 Å². The fourth-order valence-electron chi connectivity index (χ4n) is 2.65. The van der Waals surface area contributed by atoms with Gasteiger partial charge in [0.05, 0.1) is 17.3 Å². The first kappa shape index (κ1) is 19.6. The molecule has 3 aromatic rings. The van der Waals surface area contributed by atoms with E-state index in [1.165, 1.54) is 0 Å². The van der Waals surface area contributed by atoms with Gasteiger partial charge in [0.1, 0.15) is 0 Å². The fourth-order valence-corrected chi connectivity index (χ4v) is 4.26. The normalized spacial score (nSPS) is 12.9. The Labute approximate surface area is 185 Å². The number of aromatic nitrogens is 3. The van der Waals surface area contributed by atoms with E-state index in [0.29, 0.717) is 29.5 Å². The third-order valence-electron chi connectivity index (χ3n) is 4.24. The van der Waals surface area contributed by atoms with Crippen LogP contribution in [-0.2, 0) is 0 Å². The van der Waals surface area contributed by atoms with Gasteiger partial charge in [0.15, 0.2) is 0 Å². The Balaban J connectivity index is 1.64. The van der Waals surface area contributed by atoms with Crippen molar-refractivity contribution in [2.75, 3.05) is 16.0 Å². The molecule has 1 aromatic heterocycles. The molecule has 7 nitrogen and oxygen atoms in total. The van der Waals surface area contributed by atoms with Gasteiger partial charge in [-0.2, -0.15) is 20.2 Å². The molecule has 0 bridgehead atoms. The maximum atomic E-state index is 8.96. The highest BCUT2D eigenvalue weighted by molar-refractivity contribution is 9.11. The largest absolute Gasteiger partial charge is 0.351 e. The molecule has 1 aliphatic carbocycles. The van der Waals surface area contributed by atoms with Crippen molar-refractivity contribution in [1.29, 1.82) is 5.26 Å². The molecule has 0 atom stereocenters. The lowest BCUT2D eigenvalue weighted by Crippen LogP contribution is -2.11. The number of nitriles is 1. The summed E-state index contributed by atoms with van der Waals surface area (Å²) in [7, 11) is 0. The van der Waals surface area contributed by atoms with Crippen molar-refractivity contribution in [2.24, 2.45) is 0 Å². The molecular weight excluding hydrogens is 498 g/mol. The van der Waals surface area contributed by atoms with Gasteiger partial charge in [0.25, 0.3) is 0 Å². The molecule has 2 aromatic carbocycles. The molecule has 0 spiro atoms. The lowest BCUT2D eigenvalue weighted by molar-refractivity contribution is 1.01. The molecule has 0 aliphatic heterocycles. The molecule has 0 saturated heterocycles. The van der Waals surface area contributed by atoms with Crippen molar-refractivity contribution in [2.45, 2.75) is 25.8 Å². The first-order valence-electron chi connectivity index (χ1n) is 9.02. The van der Waals surface area contributed by atoms with Crippen LogP contribution in [0, 0.1) is 18.3 Å². The Kier molecular flexibility index (Phi) is 5.65. The standard InChI is InChI=1S/C20H17Br2N7/c1-11-8-15(21)17(16(22)9-11)26-20-28-18(27-19(29-20)25-14-6-7-14)24-13-4-2-12(10-23)3-5-13/h2-5,8-9,14H,6-7H2,1H3,(H3,24,25,26,27,28,29). The molecule has 1 aliphatic rings. The zero-order valence-corrected chi connectivity index (χ0v) is 18.7. The van der Waals surface area contributed by atoms with E-state index in [9.17, 15) is 0 Å². The van der Waals surface area contributed by atoms with Crippen LogP contribution in [0.1, 0.15) is 24.0 Å². The van der Waals surface area contributed by atoms with Gasteiger partial charge in [-0.3, -0.25) is 0 Å². The van der Waals surface area contributed by atoms with Gasteiger partial charge in [0.2, 0.25) is 17.8 Å². The van der Waals surface area contributed by atoms with E-state index in [1.54, 1.807) is 12.1 Å². The number of benzene rings is 2. The zero-order chi connectivity index (χ0) is 20.4. The molecule has 0 radical (unpaired) electrons. The lowest BCUT2D eigenvalue weighted by atomic mass is 10.2. The zero-order valence-electron chi connectivity index (χ0n) is 15.5. The Bertz CT molecular complexity index is 1070. The van der Waals surface area contributed by atoms with E-state index in [-0.39, 0.29) is 0 Å². The topological polar surface area (TPSA) is 98.5 Å². The first-order chi connectivity index (χ1) is 14.0. The van der Waals surface area contributed by atoms with E-state index < -0.39 is 0 Å². The predicted molar refractivity (Wildman–Crippen MR) is 121 cm³/mol. The third-order valence-corrected chi connectivity index (χ3v) is 5.49. The second-order valence-electron chi connectivity index (χ2n) is 6.77. The molecule has 9 heteroatoms. The highest BCUT2D eigenvalue weighted by atomic mass is 79.9. The van der Waals surface area contributed by atoms with E-state index >= 15 is 0 Å². The molecule has 0 unspecified atom stereocenters. The number of nitrogens with one attached hydrogen (secondary N) is 3. The van der Waals surface area contributed by atoms with E-state index in [1.807, 2.05) is 31.2 Å². The minimum atomic E-state index is 0.408. The van der Waals surface area contributed by atoms with Crippen LogP contribution in [0.5, 0.6) is 0 Å². The summed E-state index contributed by atoms with van der Waals surface area (Å²) in [6, 6.07) is 13.7. The van der Waals surface area contributed by atoms with Gasteiger partial charge < -0.3 is 16.0 Å². The molecule has 0 amide bonds. The summed E-state index contributed by atoms with van der Waals surface area (Å²) in [5.41, 5.74) is 3.35. The summed E-state index contributed by atoms with van der Waals surface area (Å²) < 4.78 is 1.81. The van der Waals surface area contributed by atoms with Gasteiger partial charge >= 0.3 is 0 Å². The van der Waals surface area contributed by atoms with Gasteiger partial charge in [-0.25, -0.2) is 0 Å². The summed E-state index contributed by atoms with van der Waals surface area (Å²) in [6.45, 7) is 2.03. The van der Waals surface area contributed by atoms with Crippen LogP contribution < -0.4 is 16.0 Å². The minimum Gasteiger partial charge on any atom is -0.351 e. The smallest absolute Gasteiger partial charge is 0.233 e. The molecule has 146 valence electrons. The number of anilines is 5. The molecule has 1 heterocycles. The summed E-state index contributed by atoms with van der Waals surface area (Å²) in [5, 5.41) is 18.7. The SMILES string of the molecule is Cc1cc(Br)c(Nc2nc(Nc3ccc(C#N)cc3)nc(NC3CC3)n2)c(Br)c1. The Hall–Kier alpha value is -2.70. The Morgan fingerprint density at radius 1 is 0.931 bits per heavy atom. The van der Waals surface area contributed by atoms with Crippen molar-refractivity contribution in [1.82, 2.24) is 15.0 Å². The second kappa shape index (κ2) is 8.35. The maximum Gasteiger partial charge on any atom is 0.233 e. The van der Waals surface area contributed by atoms with Crippen LogP contribution in [0.25, 0.3) is 0 Å². The van der Waals surface area contributed by atoms with Crippen LogP contribution in [0.2, 0.25) is 0 Å². The highest BCUT2D eigenvalue weighted by Crippen LogP contribution is 2.34. The Morgan fingerprint density at radius 3 is 2.10 bits per heavy atom. The van der Waals surface area contributed by atoms with E-state index in [0.717, 1.165) is 38.7 Å². The van der Waals surface area contributed by atoms with Gasteiger partial charge in [-0.15, -0.1) is 0 Å². The van der Waals surface area contributed by atoms with Gasteiger partial charge in [-0.05, 0) is 93.6 Å². The average Bonchev–Trinajstić information content (AvgIpc) is 3.49. The summed E-state index contributed by atoms with van der Waals surface area (Å²) in [4.78, 5) is 13.5. The van der Waals surface area contributed by atoms with Crippen molar-refractivity contribution in [3.05, 3.63) is 56.5 Å². The maximum absolute atomic E-state index is 8.96. The van der Waals surface area contributed by atoms with Crippen LogP contribution in [-0.4, -0.2) is 21.0 Å². The molecule has 4 rings (SSSR count). The van der Waals surface area contributed by atoms with Crippen molar-refractivity contribution in [3.8, 4) is 6.07 Å².